The third-order valence-corrected chi connectivity index (χ3v) is 5.35. The summed E-state index contributed by atoms with van der Waals surface area (Å²) in [5.41, 5.74) is 1.06. The van der Waals surface area contributed by atoms with E-state index in [-0.39, 0.29) is 0 Å². The lowest BCUT2D eigenvalue weighted by Crippen LogP contribution is -2.68. The second-order valence-corrected chi connectivity index (χ2v) is 6.44. The minimum atomic E-state index is 0.381. The Morgan fingerprint density at radius 2 is 2.00 bits per heavy atom. The molecule has 17 heavy (non-hydrogen) atoms. The van der Waals surface area contributed by atoms with Crippen molar-refractivity contribution < 1.29 is 0 Å². The van der Waals surface area contributed by atoms with Gasteiger partial charge in [-0.1, -0.05) is 0 Å². The molecule has 4 heteroatoms. The molecule has 2 heterocycles. The third kappa shape index (κ3) is 1.22. The first-order valence-electron chi connectivity index (χ1n) is 6.79. The topological polar surface area (TPSA) is 42.7 Å². The van der Waals surface area contributed by atoms with Crippen molar-refractivity contribution in [2.45, 2.75) is 37.5 Å². The molecule has 1 N–H and O–H groups in total. The van der Waals surface area contributed by atoms with Crippen molar-refractivity contribution in [1.29, 1.82) is 0 Å². The molecule has 92 valence electrons. The zero-order chi connectivity index (χ0) is 11.5. The molecule has 0 radical (unpaired) electrons. The van der Waals surface area contributed by atoms with Gasteiger partial charge in [-0.05, 0) is 56.5 Å². The molecule has 4 aliphatic rings. The molecule has 0 spiro atoms. The van der Waals surface area contributed by atoms with Crippen LogP contribution in [0.3, 0.4) is 0 Å². The molecule has 1 saturated heterocycles. The Bertz CT molecular complexity index is 424. The Balaban J connectivity index is 1.49. The van der Waals surface area contributed by atoms with Crippen LogP contribution in [-0.4, -0.2) is 27.9 Å². The first-order valence-corrected chi connectivity index (χ1v) is 6.79. The number of hydrogen-bond acceptors (Lipinski definition) is 3. The van der Waals surface area contributed by atoms with Gasteiger partial charge in [0.25, 0.3) is 0 Å². The van der Waals surface area contributed by atoms with Crippen LogP contribution in [0.4, 0.5) is 0 Å². The standard InChI is InChI=1S/C13H20N4/c1-17-9-15-11(16-17)13-6-12(7-13,8-13)10-2-4-14-5-3-10/h9-10,14H,2-8H2,1H3. The average molecular weight is 232 g/mol. The number of rotatable bonds is 2. The Morgan fingerprint density at radius 1 is 1.29 bits per heavy atom. The fourth-order valence-electron chi connectivity index (χ4n) is 4.55. The highest BCUT2D eigenvalue weighted by Gasteiger charge is 2.71. The highest BCUT2D eigenvalue weighted by Crippen LogP contribution is 2.76. The minimum absolute atomic E-state index is 0.381. The fourth-order valence-corrected chi connectivity index (χ4v) is 4.55. The first kappa shape index (κ1) is 10.1. The predicted octanol–water partition coefficient (Wildman–Crippen LogP) is 1.24. The smallest absolute Gasteiger partial charge is 0.156 e. The van der Waals surface area contributed by atoms with Crippen LogP contribution < -0.4 is 5.32 Å². The first-order chi connectivity index (χ1) is 8.23. The van der Waals surface area contributed by atoms with E-state index >= 15 is 0 Å². The summed E-state index contributed by atoms with van der Waals surface area (Å²) in [6.07, 6.45) is 8.67. The van der Waals surface area contributed by atoms with Gasteiger partial charge in [-0.25, -0.2) is 4.98 Å². The van der Waals surface area contributed by atoms with Gasteiger partial charge in [0.15, 0.2) is 5.82 Å². The molecule has 0 atom stereocenters. The molecule has 1 aromatic heterocycles. The van der Waals surface area contributed by atoms with Crippen LogP contribution in [0.25, 0.3) is 0 Å². The van der Waals surface area contributed by atoms with Crippen LogP contribution in [0.2, 0.25) is 0 Å². The lowest BCUT2D eigenvalue weighted by molar-refractivity contribution is -0.190. The van der Waals surface area contributed by atoms with Gasteiger partial charge in [-0.3, -0.25) is 4.68 Å². The van der Waals surface area contributed by atoms with Crippen LogP contribution in [0.15, 0.2) is 6.33 Å². The number of nitrogens with zero attached hydrogens (tertiary/aromatic N) is 3. The Kier molecular flexibility index (Phi) is 1.84. The maximum atomic E-state index is 4.51. The van der Waals surface area contributed by atoms with Crippen molar-refractivity contribution in [1.82, 2.24) is 20.1 Å². The predicted molar refractivity (Wildman–Crippen MR) is 64.6 cm³/mol. The van der Waals surface area contributed by atoms with Crippen molar-refractivity contribution in [3.05, 3.63) is 12.2 Å². The zero-order valence-corrected chi connectivity index (χ0v) is 10.4. The molecule has 3 aliphatic carbocycles. The quantitative estimate of drug-likeness (QED) is 0.834. The lowest BCUT2D eigenvalue weighted by atomic mass is 9.31. The SMILES string of the molecule is Cn1cnc(C23CC(C4CCNCC4)(C2)C3)n1. The van der Waals surface area contributed by atoms with E-state index in [9.17, 15) is 0 Å². The fraction of sp³-hybridized carbons (Fsp3) is 0.846. The summed E-state index contributed by atoms with van der Waals surface area (Å²) in [7, 11) is 1.96. The van der Waals surface area contributed by atoms with Crippen LogP contribution in [0.5, 0.6) is 0 Å². The summed E-state index contributed by atoms with van der Waals surface area (Å²) < 4.78 is 1.84. The van der Waals surface area contributed by atoms with Gasteiger partial charge in [-0.15, -0.1) is 0 Å². The Morgan fingerprint density at radius 3 is 2.59 bits per heavy atom. The van der Waals surface area contributed by atoms with E-state index in [1.807, 2.05) is 18.1 Å². The van der Waals surface area contributed by atoms with E-state index in [1.54, 1.807) is 0 Å². The summed E-state index contributed by atoms with van der Waals surface area (Å²) in [5, 5.41) is 7.98. The monoisotopic (exact) mass is 232 g/mol. The number of hydrogen-bond donors (Lipinski definition) is 1. The van der Waals surface area contributed by atoms with E-state index in [0.717, 1.165) is 11.7 Å². The molecule has 5 rings (SSSR count). The van der Waals surface area contributed by atoms with Crippen LogP contribution in [0.1, 0.15) is 37.9 Å². The number of aryl methyl sites for hydroxylation is 1. The minimum Gasteiger partial charge on any atom is -0.317 e. The molecular formula is C13H20N4. The van der Waals surface area contributed by atoms with Crippen LogP contribution in [-0.2, 0) is 12.5 Å². The van der Waals surface area contributed by atoms with Crippen molar-refractivity contribution in [3.8, 4) is 0 Å². The molecular weight excluding hydrogens is 212 g/mol. The van der Waals surface area contributed by atoms with Gasteiger partial charge in [-0.2, -0.15) is 5.10 Å². The highest BCUT2D eigenvalue weighted by atomic mass is 15.3. The van der Waals surface area contributed by atoms with Gasteiger partial charge in [0.2, 0.25) is 0 Å². The van der Waals surface area contributed by atoms with Crippen molar-refractivity contribution >= 4 is 0 Å². The third-order valence-electron chi connectivity index (χ3n) is 5.35. The summed E-state index contributed by atoms with van der Waals surface area (Å²) in [6, 6.07) is 0. The molecule has 1 aromatic rings. The second kappa shape index (κ2) is 3.10. The van der Waals surface area contributed by atoms with Gasteiger partial charge >= 0.3 is 0 Å². The maximum Gasteiger partial charge on any atom is 0.156 e. The Hall–Kier alpha value is -0.900. The molecule has 3 saturated carbocycles. The lowest BCUT2D eigenvalue weighted by Gasteiger charge is -2.72. The summed E-state index contributed by atoms with van der Waals surface area (Å²) in [6.45, 7) is 2.45. The van der Waals surface area contributed by atoms with Gasteiger partial charge < -0.3 is 5.32 Å². The van der Waals surface area contributed by atoms with Gasteiger partial charge in [0.05, 0.1) is 0 Å². The van der Waals surface area contributed by atoms with E-state index in [1.165, 1.54) is 45.2 Å². The maximum absolute atomic E-state index is 4.51. The van der Waals surface area contributed by atoms with E-state index < -0.39 is 0 Å². The second-order valence-electron chi connectivity index (χ2n) is 6.44. The van der Waals surface area contributed by atoms with Crippen molar-refractivity contribution in [2.75, 3.05) is 13.1 Å². The number of aromatic nitrogens is 3. The van der Waals surface area contributed by atoms with E-state index in [2.05, 4.69) is 15.4 Å². The van der Waals surface area contributed by atoms with Crippen LogP contribution >= 0.6 is 0 Å². The van der Waals surface area contributed by atoms with Crippen molar-refractivity contribution in [2.24, 2.45) is 18.4 Å². The molecule has 4 nitrogen and oxygen atoms in total. The van der Waals surface area contributed by atoms with Crippen LogP contribution in [0, 0.1) is 11.3 Å². The normalized spacial score (nSPS) is 40.8. The van der Waals surface area contributed by atoms with Gasteiger partial charge in [0, 0.05) is 12.5 Å². The van der Waals surface area contributed by atoms with Crippen molar-refractivity contribution in [3.63, 3.8) is 0 Å². The molecule has 2 bridgehead atoms. The van der Waals surface area contributed by atoms with E-state index in [0.29, 0.717) is 10.8 Å². The highest BCUT2D eigenvalue weighted by molar-refractivity contribution is 5.31. The Labute approximate surface area is 102 Å². The van der Waals surface area contributed by atoms with Gasteiger partial charge in [0.1, 0.15) is 6.33 Å². The molecule has 0 unspecified atom stereocenters. The molecule has 4 fully saturated rings. The van der Waals surface area contributed by atoms with E-state index in [4.69, 9.17) is 0 Å². The zero-order valence-electron chi connectivity index (χ0n) is 10.4. The summed E-state index contributed by atoms with van der Waals surface area (Å²) >= 11 is 0. The summed E-state index contributed by atoms with van der Waals surface area (Å²) in [5.74, 6) is 2.07. The largest absolute Gasteiger partial charge is 0.317 e. The summed E-state index contributed by atoms with van der Waals surface area (Å²) in [4.78, 5) is 4.46. The molecule has 1 aliphatic heterocycles. The number of nitrogens with one attached hydrogen (secondary N) is 1. The average Bonchev–Trinajstić information content (AvgIpc) is 2.63. The molecule has 0 amide bonds. The number of piperidine rings is 1. The molecule has 0 aromatic carbocycles.